The molecule has 0 aliphatic heterocycles. The molecule has 0 saturated carbocycles. The summed E-state index contributed by atoms with van der Waals surface area (Å²) in [5, 5.41) is 3.12. The van der Waals surface area contributed by atoms with Crippen LogP contribution in [-0.4, -0.2) is 34.0 Å². The minimum atomic E-state index is -0.598. The summed E-state index contributed by atoms with van der Waals surface area (Å²) in [6.45, 7) is 8.36. The molecule has 0 spiro atoms. The van der Waals surface area contributed by atoms with Crippen LogP contribution in [0.3, 0.4) is 0 Å². The van der Waals surface area contributed by atoms with E-state index in [4.69, 9.17) is 0 Å². The number of hydrogen-bond acceptors (Lipinski definition) is 3. The van der Waals surface area contributed by atoms with Gasteiger partial charge in [0.05, 0.1) is 0 Å². The monoisotopic (exact) mass is 502 g/mol. The van der Waals surface area contributed by atoms with Crippen molar-refractivity contribution in [1.29, 1.82) is 0 Å². The summed E-state index contributed by atoms with van der Waals surface area (Å²) >= 11 is 1.75. The Labute approximate surface area is 220 Å². The van der Waals surface area contributed by atoms with Gasteiger partial charge in [-0.05, 0) is 44.4 Å². The summed E-state index contributed by atoms with van der Waals surface area (Å²) in [5.41, 5.74) is 4.06. The Morgan fingerprint density at radius 1 is 0.861 bits per heavy atom. The summed E-state index contributed by atoms with van der Waals surface area (Å²) in [5.74, 6) is 1.45. The number of rotatable bonds is 11. The SMILES string of the molecule is Cc1cccc(CN(C(=O)CCSCc2ccccc2)[C@H](Cc2ccccc2)C(=O)NC(C)(C)C)c1. The molecule has 1 atom stereocenters. The van der Waals surface area contributed by atoms with Crippen molar-refractivity contribution in [2.45, 2.75) is 64.4 Å². The van der Waals surface area contributed by atoms with Crippen LogP contribution < -0.4 is 5.32 Å². The second-order valence-corrected chi connectivity index (χ2v) is 11.3. The fourth-order valence-corrected chi connectivity index (χ4v) is 4.97. The van der Waals surface area contributed by atoms with Crippen LogP contribution in [0.5, 0.6) is 0 Å². The highest BCUT2D eigenvalue weighted by Gasteiger charge is 2.32. The van der Waals surface area contributed by atoms with Crippen molar-refractivity contribution in [1.82, 2.24) is 10.2 Å². The lowest BCUT2D eigenvalue weighted by atomic mass is 10.00. The molecule has 0 heterocycles. The van der Waals surface area contributed by atoms with Crippen molar-refractivity contribution >= 4 is 23.6 Å². The van der Waals surface area contributed by atoms with E-state index in [0.29, 0.717) is 25.1 Å². The average Bonchev–Trinajstić information content (AvgIpc) is 2.84. The van der Waals surface area contributed by atoms with Crippen LogP contribution in [0.15, 0.2) is 84.9 Å². The maximum absolute atomic E-state index is 13.7. The van der Waals surface area contributed by atoms with E-state index in [9.17, 15) is 9.59 Å². The molecular formula is C31H38N2O2S. The second-order valence-electron chi connectivity index (χ2n) is 10.2. The number of hydrogen-bond donors (Lipinski definition) is 1. The predicted octanol–water partition coefficient (Wildman–Crippen LogP) is 6.17. The number of thioether (sulfide) groups is 1. The predicted molar refractivity (Wildman–Crippen MR) is 151 cm³/mol. The van der Waals surface area contributed by atoms with E-state index >= 15 is 0 Å². The third-order valence-electron chi connectivity index (χ3n) is 5.78. The Morgan fingerprint density at radius 2 is 1.47 bits per heavy atom. The van der Waals surface area contributed by atoms with E-state index in [1.54, 1.807) is 16.7 Å². The van der Waals surface area contributed by atoms with Crippen molar-refractivity contribution in [2.24, 2.45) is 0 Å². The quantitative estimate of drug-likeness (QED) is 0.319. The first-order chi connectivity index (χ1) is 17.2. The molecule has 3 rings (SSSR count). The smallest absolute Gasteiger partial charge is 0.243 e. The molecule has 190 valence electrons. The van der Waals surface area contributed by atoms with E-state index in [-0.39, 0.29) is 11.8 Å². The number of nitrogens with one attached hydrogen (secondary N) is 1. The number of amides is 2. The van der Waals surface area contributed by atoms with Crippen molar-refractivity contribution in [3.05, 3.63) is 107 Å². The third-order valence-corrected chi connectivity index (χ3v) is 6.81. The first kappa shape index (κ1) is 27.5. The Balaban J connectivity index is 1.82. The van der Waals surface area contributed by atoms with E-state index in [1.165, 1.54) is 5.56 Å². The van der Waals surface area contributed by atoms with Gasteiger partial charge in [-0.1, -0.05) is 90.5 Å². The van der Waals surface area contributed by atoms with Crippen molar-refractivity contribution < 1.29 is 9.59 Å². The maximum Gasteiger partial charge on any atom is 0.243 e. The van der Waals surface area contributed by atoms with Crippen molar-refractivity contribution in [3.8, 4) is 0 Å². The molecule has 36 heavy (non-hydrogen) atoms. The van der Waals surface area contributed by atoms with Gasteiger partial charge in [0, 0.05) is 36.4 Å². The summed E-state index contributed by atoms with van der Waals surface area (Å²) in [4.78, 5) is 29.0. The molecule has 1 N–H and O–H groups in total. The molecule has 0 aliphatic rings. The van der Waals surface area contributed by atoms with Gasteiger partial charge in [0.1, 0.15) is 6.04 Å². The number of benzene rings is 3. The maximum atomic E-state index is 13.7. The first-order valence-electron chi connectivity index (χ1n) is 12.5. The minimum Gasteiger partial charge on any atom is -0.350 e. The summed E-state index contributed by atoms with van der Waals surface area (Å²) in [6.07, 6.45) is 0.856. The normalized spacial score (nSPS) is 12.1. The molecule has 0 aromatic heterocycles. The van der Waals surface area contributed by atoms with E-state index in [2.05, 4.69) is 23.5 Å². The first-order valence-corrected chi connectivity index (χ1v) is 13.7. The molecule has 5 heteroatoms. The van der Waals surface area contributed by atoms with Gasteiger partial charge in [-0.15, -0.1) is 0 Å². The topological polar surface area (TPSA) is 49.4 Å². The highest BCUT2D eigenvalue weighted by Crippen LogP contribution is 2.19. The summed E-state index contributed by atoms with van der Waals surface area (Å²) in [6, 6.07) is 27.8. The molecule has 4 nitrogen and oxygen atoms in total. The average molecular weight is 503 g/mol. The molecule has 0 radical (unpaired) electrons. The second kappa shape index (κ2) is 13.3. The molecule has 3 aromatic carbocycles. The Bertz CT molecular complexity index is 1110. The third kappa shape index (κ3) is 9.19. The van der Waals surface area contributed by atoms with Gasteiger partial charge in [0.2, 0.25) is 11.8 Å². The zero-order valence-electron chi connectivity index (χ0n) is 21.9. The lowest BCUT2D eigenvalue weighted by Crippen LogP contribution is -2.54. The minimum absolute atomic E-state index is 0.00191. The van der Waals surface area contributed by atoms with Crippen LogP contribution in [0.25, 0.3) is 0 Å². The van der Waals surface area contributed by atoms with Gasteiger partial charge in [0.25, 0.3) is 0 Å². The van der Waals surface area contributed by atoms with Gasteiger partial charge in [-0.2, -0.15) is 11.8 Å². The fourth-order valence-electron chi connectivity index (χ4n) is 4.08. The molecule has 3 aromatic rings. The van der Waals surface area contributed by atoms with Crippen LogP contribution in [-0.2, 0) is 28.3 Å². The summed E-state index contributed by atoms with van der Waals surface area (Å²) in [7, 11) is 0. The molecule has 0 fully saturated rings. The molecular weight excluding hydrogens is 464 g/mol. The molecule has 0 bridgehead atoms. The van der Waals surface area contributed by atoms with Crippen LogP contribution in [0.2, 0.25) is 0 Å². The van der Waals surface area contributed by atoms with Gasteiger partial charge in [-0.3, -0.25) is 9.59 Å². The van der Waals surface area contributed by atoms with Crippen LogP contribution >= 0.6 is 11.8 Å². The molecule has 0 unspecified atom stereocenters. The Hall–Kier alpha value is -3.05. The Morgan fingerprint density at radius 3 is 2.08 bits per heavy atom. The molecule has 0 aliphatic carbocycles. The standard InChI is InChI=1S/C31H38N2O2S/c1-24-12-11-17-27(20-24)22-33(29(34)18-19-36-23-26-15-9-6-10-16-26)28(30(35)32-31(2,3)4)21-25-13-7-5-8-14-25/h5-17,20,28H,18-19,21-23H2,1-4H3,(H,32,35)/t28-/m1/s1. The highest BCUT2D eigenvalue weighted by molar-refractivity contribution is 7.98. The number of nitrogens with zero attached hydrogens (tertiary/aromatic N) is 1. The van der Waals surface area contributed by atoms with E-state index in [1.807, 2.05) is 94.4 Å². The molecule has 0 saturated heterocycles. The summed E-state index contributed by atoms with van der Waals surface area (Å²) < 4.78 is 0. The van der Waals surface area contributed by atoms with E-state index in [0.717, 1.165) is 22.4 Å². The number of aryl methyl sites for hydroxylation is 1. The van der Waals surface area contributed by atoms with Crippen molar-refractivity contribution in [2.75, 3.05) is 5.75 Å². The highest BCUT2D eigenvalue weighted by atomic mass is 32.2. The fraction of sp³-hybridized carbons (Fsp3) is 0.355. The zero-order valence-corrected chi connectivity index (χ0v) is 22.7. The van der Waals surface area contributed by atoms with Gasteiger partial charge >= 0.3 is 0 Å². The van der Waals surface area contributed by atoms with Gasteiger partial charge in [-0.25, -0.2) is 0 Å². The Kier molecular flexibility index (Phi) is 10.2. The largest absolute Gasteiger partial charge is 0.350 e. The lowest BCUT2D eigenvalue weighted by Gasteiger charge is -2.34. The van der Waals surface area contributed by atoms with Crippen molar-refractivity contribution in [3.63, 3.8) is 0 Å². The number of carbonyl (C=O) groups is 2. The molecule has 2 amide bonds. The van der Waals surface area contributed by atoms with Crippen LogP contribution in [0.1, 0.15) is 49.4 Å². The van der Waals surface area contributed by atoms with Gasteiger partial charge < -0.3 is 10.2 Å². The van der Waals surface area contributed by atoms with Gasteiger partial charge in [0.15, 0.2) is 0 Å². The number of carbonyl (C=O) groups excluding carboxylic acids is 2. The lowest BCUT2D eigenvalue weighted by molar-refractivity contribution is -0.141. The van der Waals surface area contributed by atoms with E-state index < -0.39 is 11.6 Å². The van der Waals surface area contributed by atoms with Crippen LogP contribution in [0, 0.1) is 6.92 Å². The van der Waals surface area contributed by atoms with Crippen LogP contribution in [0.4, 0.5) is 0 Å². The zero-order chi connectivity index (χ0) is 26.0.